The Morgan fingerprint density at radius 1 is 1.30 bits per heavy atom. The van der Waals surface area contributed by atoms with Gasteiger partial charge in [0.05, 0.1) is 0 Å². The van der Waals surface area contributed by atoms with Crippen LogP contribution in [0.25, 0.3) is 0 Å². The molecule has 20 heavy (non-hydrogen) atoms. The van der Waals surface area contributed by atoms with Gasteiger partial charge >= 0.3 is 0 Å². The van der Waals surface area contributed by atoms with Gasteiger partial charge in [-0.2, -0.15) is 0 Å². The van der Waals surface area contributed by atoms with Crippen LogP contribution in [-0.4, -0.2) is 36.5 Å². The second kappa shape index (κ2) is 7.29. The van der Waals surface area contributed by atoms with E-state index in [-0.39, 0.29) is 11.9 Å². The Morgan fingerprint density at radius 2 is 1.95 bits per heavy atom. The van der Waals surface area contributed by atoms with Gasteiger partial charge in [0.1, 0.15) is 0 Å². The van der Waals surface area contributed by atoms with Gasteiger partial charge in [0.2, 0.25) is 5.91 Å². The summed E-state index contributed by atoms with van der Waals surface area (Å²) in [5, 5.41) is 3.08. The number of anilines is 1. The minimum atomic E-state index is 0.133. The Bertz CT molecular complexity index is 424. The molecule has 3 N–H and O–H groups in total. The Labute approximate surface area is 121 Å². The number of carbonyl (C=O) groups is 1. The molecular formula is C16H25N3O. The maximum atomic E-state index is 11.9. The van der Waals surface area contributed by atoms with Crippen LogP contribution in [-0.2, 0) is 11.2 Å². The van der Waals surface area contributed by atoms with E-state index in [1.165, 1.54) is 25.9 Å². The molecule has 1 aliphatic rings. The first-order chi connectivity index (χ1) is 9.63. The van der Waals surface area contributed by atoms with Crippen molar-refractivity contribution in [3.63, 3.8) is 0 Å². The third-order valence-corrected chi connectivity index (χ3v) is 3.76. The number of hydrogen-bond donors (Lipinski definition) is 2. The molecule has 1 aromatic carbocycles. The minimum absolute atomic E-state index is 0.133. The fourth-order valence-electron chi connectivity index (χ4n) is 2.69. The van der Waals surface area contributed by atoms with Crippen molar-refractivity contribution in [3.05, 3.63) is 29.8 Å². The molecule has 0 spiro atoms. The van der Waals surface area contributed by atoms with Gasteiger partial charge in [-0.15, -0.1) is 0 Å². The lowest BCUT2D eigenvalue weighted by Gasteiger charge is -2.21. The molecule has 0 aromatic heterocycles. The van der Waals surface area contributed by atoms with Crippen LogP contribution in [0.15, 0.2) is 24.3 Å². The SMILES string of the molecule is CC(CN1CCCC1)NC(=O)CCc1ccc(N)cc1. The third-order valence-electron chi connectivity index (χ3n) is 3.76. The fourth-order valence-corrected chi connectivity index (χ4v) is 2.69. The van der Waals surface area contributed by atoms with Gasteiger partial charge in [0, 0.05) is 24.7 Å². The van der Waals surface area contributed by atoms with Crippen LogP contribution < -0.4 is 11.1 Å². The van der Waals surface area contributed by atoms with Gasteiger partial charge in [-0.05, 0) is 57.0 Å². The smallest absolute Gasteiger partial charge is 0.220 e. The molecule has 1 aliphatic heterocycles. The summed E-state index contributed by atoms with van der Waals surface area (Å²) in [4.78, 5) is 14.3. The molecular weight excluding hydrogens is 250 g/mol. The number of nitrogens with two attached hydrogens (primary N) is 1. The number of carbonyl (C=O) groups excluding carboxylic acids is 1. The van der Waals surface area contributed by atoms with Crippen LogP contribution in [0.2, 0.25) is 0 Å². The molecule has 0 aliphatic carbocycles. The fraction of sp³-hybridized carbons (Fsp3) is 0.562. The van der Waals surface area contributed by atoms with Crippen LogP contribution in [0, 0.1) is 0 Å². The predicted molar refractivity (Wildman–Crippen MR) is 82.5 cm³/mol. The number of rotatable bonds is 6. The number of aryl methyl sites for hydroxylation is 1. The molecule has 1 heterocycles. The van der Waals surface area contributed by atoms with E-state index >= 15 is 0 Å². The normalized spacial score (nSPS) is 17.1. The summed E-state index contributed by atoms with van der Waals surface area (Å²) in [6, 6.07) is 7.95. The van der Waals surface area contributed by atoms with Gasteiger partial charge in [-0.3, -0.25) is 4.79 Å². The number of amides is 1. The molecule has 1 fully saturated rings. The first kappa shape index (κ1) is 14.9. The lowest BCUT2D eigenvalue weighted by atomic mass is 10.1. The van der Waals surface area contributed by atoms with E-state index in [9.17, 15) is 4.79 Å². The summed E-state index contributed by atoms with van der Waals surface area (Å²) in [5.41, 5.74) is 7.56. The van der Waals surface area contributed by atoms with Crippen molar-refractivity contribution < 1.29 is 4.79 Å². The number of nitrogen functional groups attached to an aromatic ring is 1. The summed E-state index contributed by atoms with van der Waals surface area (Å²) in [5.74, 6) is 0.133. The van der Waals surface area contributed by atoms with Crippen LogP contribution in [0.5, 0.6) is 0 Å². The molecule has 1 atom stereocenters. The molecule has 110 valence electrons. The van der Waals surface area contributed by atoms with E-state index in [1.54, 1.807) is 0 Å². The number of likely N-dealkylation sites (tertiary alicyclic amines) is 1. The van der Waals surface area contributed by atoms with Gasteiger partial charge in [-0.1, -0.05) is 12.1 Å². The zero-order valence-electron chi connectivity index (χ0n) is 12.3. The van der Waals surface area contributed by atoms with E-state index in [2.05, 4.69) is 17.1 Å². The van der Waals surface area contributed by atoms with Crippen molar-refractivity contribution in [3.8, 4) is 0 Å². The lowest BCUT2D eigenvalue weighted by molar-refractivity contribution is -0.121. The summed E-state index contributed by atoms with van der Waals surface area (Å²) >= 11 is 0. The van der Waals surface area contributed by atoms with E-state index in [0.717, 1.165) is 24.2 Å². The number of hydrogen-bond acceptors (Lipinski definition) is 3. The van der Waals surface area contributed by atoms with Crippen LogP contribution in [0.3, 0.4) is 0 Å². The highest BCUT2D eigenvalue weighted by atomic mass is 16.1. The third kappa shape index (κ3) is 4.85. The van der Waals surface area contributed by atoms with Crippen LogP contribution in [0.1, 0.15) is 31.7 Å². The largest absolute Gasteiger partial charge is 0.399 e. The first-order valence-electron chi connectivity index (χ1n) is 7.49. The maximum absolute atomic E-state index is 11.9. The Hall–Kier alpha value is -1.55. The zero-order chi connectivity index (χ0) is 14.4. The second-order valence-electron chi connectivity index (χ2n) is 5.72. The van der Waals surface area contributed by atoms with Gasteiger partial charge < -0.3 is 16.0 Å². The molecule has 4 nitrogen and oxygen atoms in total. The quantitative estimate of drug-likeness (QED) is 0.778. The highest BCUT2D eigenvalue weighted by molar-refractivity contribution is 5.76. The monoisotopic (exact) mass is 275 g/mol. The molecule has 4 heteroatoms. The van der Waals surface area contributed by atoms with Gasteiger partial charge in [-0.25, -0.2) is 0 Å². The summed E-state index contributed by atoms with van der Waals surface area (Å²) < 4.78 is 0. The van der Waals surface area contributed by atoms with Crippen molar-refractivity contribution in [2.45, 2.75) is 38.6 Å². The Balaban J connectivity index is 1.67. The standard InChI is InChI=1S/C16H25N3O/c1-13(12-19-10-2-3-11-19)18-16(20)9-6-14-4-7-15(17)8-5-14/h4-5,7-8,13H,2-3,6,9-12,17H2,1H3,(H,18,20). The van der Waals surface area contributed by atoms with Gasteiger partial charge in [0.15, 0.2) is 0 Å². The Kier molecular flexibility index (Phi) is 5.41. The average Bonchev–Trinajstić information content (AvgIpc) is 2.90. The molecule has 1 amide bonds. The summed E-state index contributed by atoms with van der Waals surface area (Å²) in [7, 11) is 0. The van der Waals surface area contributed by atoms with Crippen molar-refractivity contribution in [2.75, 3.05) is 25.4 Å². The zero-order valence-corrected chi connectivity index (χ0v) is 12.3. The number of benzene rings is 1. The molecule has 1 aromatic rings. The van der Waals surface area contributed by atoms with E-state index in [1.807, 2.05) is 24.3 Å². The highest BCUT2D eigenvalue weighted by Gasteiger charge is 2.15. The molecule has 0 radical (unpaired) electrons. The highest BCUT2D eigenvalue weighted by Crippen LogP contribution is 2.09. The number of nitrogens with zero attached hydrogens (tertiary/aromatic N) is 1. The van der Waals surface area contributed by atoms with Crippen molar-refractivity contribution in [2.24, 2.45) is 0 Å². The minimum Gasteiger partial charge on any atom is -0.399 e. The molecule has 0 bridgehead atoms. The van der Waals surface area contributed by atoms with Crippen molar-refractivity contribution >= 4 is 11.6 Å². The molecule has 1 saturated heterocycles. The first-order valence-corrected chi connectivity index (χ1v) is 7.49. The predicted octanol–water partition coefficient (Wildman–Crippen LogP) is 1.80. The second-order valence-corrected chi connectivity index (χ2v) is 5.72. The molecule has 1 unspecified atom stereocenters. The average molecular weight is 275 g/mol. The van der Waals surface area contributed by atoms with Crippen LogP contribution >= 0.6 is 0 Å². The maximum Gasteiger partial charge on any atom is 0.220 e. The number of nitrogens with one attached hydrogen (secondary N) is 1. The van der Waals surface area contributed by atoms with E-state index < -0.39 is 0 Å². The van der Waals surface area contributed by atoms with Gasteiger partial charge in [0.25, 0.3) is 0 Å². The molecule has 0 saturated carbocycles. The van der Waals surface area contributed by atoms with E-state index in [4.69, 9.17) is 5.73 Å². The summed E-state index contributed by atoms with van der Waals surface area (Å²) in [6.07, 6.45) is 3.88. The van der Waals surface area contributed by atoms with Crippen molar-refractivity contribution in [1.29, 1.82) is 0 Å². The van der Waals surface area contributed by atoms with E-state index in [0.29, 0.717) is 6.42 Å². The van der Waals surface area contributed by atoms with Crippen molar-refractivity contribution in [1.82, 2.24) is 10.2 Å². The lowest BCUT2D eigenvalue weighted by Crippen LogP contribution is -2.41. The Morgan fingerprint density at radius 3 is 2.60 bits per heavy atom. The van der Waals surface area contributed by atoms with Crippen LogP contribution in [0.4, 0.5) is 5.69 Å². The summed E-state index contributed by atoms with van der Waals surface area (Å²) in [6.45, 7) is 5.39. The molecule has 2 rings (SSSR count). The topological polar surface area (TPSA) is 58.4 Å².